The van der Waals surface area contributed by atoms with Crippen LogP contribution >= 0.6 is 0 Å². The second kappa shape index (κ2) is 7.33. The highest BCUT2D eigenvalue weighted by atomic mass is 15.0. The number of hydrogen-bond donors (Lipinski definition) is 2. The molecule has 0 atom stereocenters. The average molecular weight is 388 g/mol. The predicted octanol–water partition coefficient (Wildman–Crippen LogP) is 5.51. The van der Waals surface area contributed by atoms with Gasteiger partial charge < -0.3 is 10.3 Å². The van der Waals surface area contributed by atoms with Crippen molar-refractivity contribution in [2.75, 3.05) is 0 Å². The number of aromatic nitrogens is 1. The van der Waals surface area contributed by atoms with Crippen LogP contribution in [0.25, 0.3) is 27.5 Å². The van der Waals surface area contributed by atoms with E-state index < -0.39 is 0 Å². The second-order valence-electron chi connectivity index (χ2n) is 7.13. The molecule has 0 radical (unpaired) electrons. The fourth-order valence-corrected chi connectivity index (χ4v) is 3.85. The Morgan fingerprint density at radius 2 is 1.23 bits per heavy atom. The van der Waals surface area contributed by atoms with Gasteiger partial charge in [-0.3, -0.25) is 5.41 Å². The molecule has 0 aliphatic heterocycles. The van der Waals surface area contributed by atoms with Crippen LogP contribution in [0.5, 0.6) is 0 Å². The van der Waals surface area contributed by atoms with Crippen LogP contribution in [0, 0.1) is 5.41 Å². The predicted molar refractivity (Wildman–Crippen MR) is 125 cm³/mol. The zero-order valence-electron chi connectivity index (χ0n) is 16.3. The van der Waals surface area contributed by atoms with Crippen LogP contribution in [0.15, 0.2) is 108 Å². The zero-order valence-corrected chi connectivity index (χ0v) is 16.3. The lowest BCUT2D eigenvalue weighted by Gasteiger charge is -2.10. The molecule has 30 heavy (non-hydrogen) atoms. The molecule has 144 valence electrons. The highest BCUT2D eigenvalue weighted by Crippen LogP contribution is 2.31. The van der Waals surface area contributed by atoms with Gasteiger partial charge in [-0.15, -0.1) is 0 Å². The van der Waals surface area contributed by atoms with Crippen molar-refractivity contribution < 1.29 is 0 Å². The minimum absolute atomic E-state index is 0.138. The molecule has 4 aromatic carbocycles. The molecular weight excluding hydrogens is 368 g/mol. The molecule has 5 rings (SSSR count). The summed E-state index contributed by atoms with van der Waals surface area (Å²) >= 11 is 0. The van der Waals surface area contributed by atoms with Crippen LogP contribution in [0.2, 0.25) is 0 Å². The average Bonchev–Trinajstić information content (AvgIpc) is 3.14. The number of aliphatic imine (C=N–C) groups is 1. The van der Waals surface area contributed by atoms with E-state index >= 15 is 0 Å². The molecule has 1 heterocycles. The van der Waals surface area contributed by atoms with Gasteiger partial charge in [-0.1, -0.05) is 78.9 Å². The minimum atomic E-state index is 0.138. The van der Waals surface area contributed by atoms with Gasteiger partial charge in [-0.05, 0) is 24.3 Å². The van der Waals surface area contributed by atoms with Crippen molar-refractivity contribution in [2.24, 2.45) is 10.7 Å². The molecule has 0 saturated carbocycles. The lowest BCUT2D eigenvalue weighted by atomic mass is 10.1. The smallest absolute Gasteiger partial charge is 0.154 e. The molecular formula is C26H20N4. The Hall–Kier alpha value is -4.18. The van der Waals surface area contributed by atoms with Crippen LogP contribution in [0.3, 0.4) is 0 Å². The number of para-hydroxylation sites is 2. The monoisotopic (exact) mass is 388 g/mol. The van der Waals surface area contributed by atoms with Gasteiger partial charge in [0.05, 0.1) is 11.0 Å². The molecule has 0 aliphatic carbocycles. The topological polar surface area (TPSA) is 67.2 Å². The molecule has 0 spiro atoms. The first-order valence-corrected chi connectivity index (χ1v) is 9.79. The van der Waals surface area contributed by atoms with Crippen molar-refractivity contribution >= 4 is 33.5 Å². The number of benzene rings is 4. The van der Waals surface area contributed by atoms with Gasteiger partial charge in [0.1, 0.15) is 5.84 Å². The number of fused-ring (bicyclic) bond motifs is 3. The number of rotatable bonds is 3. The second-order valence-corrected chi connectivity index (χ2v) is 7.13. The third-order valence-electron chi connectivity index (χ3n) is 5.26. The number of hydrogen-bond acceptors (Lipinski definition) is 1. The number of nitrogens with two attached hydrogens (primary N) is 1. The Kier molecular flexibility index (Phi) is 4.37. The largest absolute Gasteiger partial charge is 0.383 e. The third kappa shape index (κ3) is 3.05. The lowest BCUT2D eigenvalue weighted by Crippen LogP contribution is -2.15. The van der Waals surface area contributed by atoms with E-state index in [1.54, 1.807) is 0 Å². The first kappa shape index (κ1) is 17.9. The third-order valence-corrected chi connectivity index (χ3v) is 5.26. The van der Waals surface area contributed by atoms with Gasteiger partial charge in [0, 0.05) is 27.6 Å². The van der Waals surface area contributed by atoms with Crippen molar-refractivity contribution in [1.29, 1.82) is 5.41 Å². The van der Waals surface area contributed by atoms with Crippen LogP contribution in [0.4, 0.5) is 0 Å². The van der Waals surface area contributed by atoms with E-state index in [-0.39, 0.29) is 5.84 Å². The Bertz CT molecular complexity index is 1360. The highest BCUT2D eigenvalue weighted by Gasteiger charge is 2.12. The van der Waals surface area contributed by atoms with E-state index in [2.05, 4.69) is 64.2 Å². The van der Waals surface area contributed by atoms with Crippen molar-refractivity contribution in [1.82, 2.24) is 4.57 Å². The molecule has 4 nitrogen and oxygen atoms in total. The maximum atomic E-state index is 8.48. The summed E-state index contributed by atoms with van der Waals surface area (Å²) in [5.74, 6) is 0.474. The van der Waals surface area contributed by atoms with Crippen molar-refractivity contribution in [2.45, 2.75) is 0 Å². The quantitative estimate of drug-likeness (QED) is 0.310. The molecule has 0 aliphatic rings. The van der Waals surface area contributed by atoms with E-state index in [9.17, 15) is 0 Å². The van der Waals surface area contributed by atoms with E-state index in [1.807, 2.05) is 48.5 Å². The molecule has 1 aromatic heterocycles. The Labute approximate surface area is 174 Å². The highest BCUT2D eigenvalue weighted by molar-refractivity contribution is 6.11. The molecule has 0 saturated heterocycles. The van der Waals surface area contributed by atoms with Gasteiger partial charge in [0.25, 0.3) is 0 Å². The van der Waals surface area contributed by atoms with Crippen molar-refractivity contribution in [3.63, 3.8) is 0 Å². The Morgan fingerprint density at radius 3 is 1.90 bits per heavy atom. The Morgan fingerprint density at radius 1 is 0.667 bits per heavy atom. The standard InChI is InChI=1S/C26H20N4/c27-25(18-9-2-1-3-10-18)29-26(28)19-11-8-12-20(17-19)30-23-15-6-4-13-21(23)22-14-5-7-16-24(22)30/h1-17H,(H3,27,28,29). The Balaban J connectivity index is 1.62. The fraction of sp³-hybridized carbons (Fsp3) is 0. The first-order chi connectivity index (χ1) is 14.7. The van der Waals surface area contributed by atoms with Crippen LogP contribution in [-0.4, -0.2) is 16.2 Å². The summed E-state index contributed by atoms with van der Waals surface area (Å²) in [4.78, 5) is 4.33. The molecule has 4 heteroatoms. The molecule has 0 unspecified atom stereocenters. The minimum Gasteiger partial charge on any atom is -0.383 e. The summed E-state index contributed by atoms with van der Waals surface area (Å²) in [6.07, 6.45) is 0. The van der Waals surface area contributed by atoms with Crippen LogP contribution in [-0.2, 0) is 0 Å². The van der Waals surface area contributed by atoms with Gasteiger partial charge in [-0.2, -0.15) is 0 Å². The summed E-state index contributed by atoms with van der Waals surface area (Å²) in [5.41, 5.74) is 10.9. The summed E-state index contributed by atoms with van der Waals surface area (Å²) in [6, 6.07) is 34.2. The number of nitrogens with one attached hydrogen (secondary N) is 1. The molecule has 0 fully saturated rings. The normalized spacial score (nSPS) is 11.8. The summed E-state index contributed by atoms with van der Waals surface area (Å²) < 4.78 is 2.23. The maximum Gasteiger partial charge on any atom is 0.154 e. The fourth-order valence-electron chi connectivity index (χ4n) is 3.85. The van der Waals surface area contributed by atoms with Crippen molar-refractivity contribution in [3.8, 4) is 5.69 Å². The maximum absolute atomic E-state index is 8.48. The SMILES string of the molecule is N=C(/N=C(\N)c1ccccc1)c1cccc(-n2c3ccccc3c3ccccc32)c1. The summed E-state index contributed by atoms with van der Waals surface area (Å²) in [6.45, 7) is 0. The number of nitrogens with zero attached hydrogens (tertiary/aromatic N) is 2. The van der Waals surface area contributed by atoms with Crippen LogP contribution in [0.1, 0.15) is 11.1 Å². The van der Waals surface area contributed by atoms with E-state index in [4.69, 9.17) is 11.1 Å². The van der Waals surface area contributed by atoms with E-state index in [1.165, 1.54) is 10.8 Å². The first-order valence-electron chi connectivity index (χ1n) is 9.79. The molecule has 5 aromatic rings. The van der Waals surface area contributed by atoms with E-state index in [0.717, 1.165) is 22.3 Å². The van der Waals surface area contributed by atoms with Gasteiger partial charge in [0.2, 0.25) is 0 Å². The lowest BCUT2D eigenvalue weighted by molar-refractivity contribution is 1.18. The van der Waals surface area contributed by atoms with Crippen molar-refractivity contribution in [3.05, 3.63) is 114 Å². The van der Waals surface area contributed by atoms with E-state index in [0.29, 0.717) is 11.4 Å². The molecule has 0 bridgehead atoms. The van der Waals surface area contributed by atoms with Gasteiger partial charge in [0.15, 0.2) is 5.84 Å². The zero-order chi connectivity index (χ0) is 20.5. The summed E-state index contributed by atoms with van der Waals surface area (Å²) in [7, 11) is 0. The van der Waals surface area contributed by atoms with Crippen LogP contribution < -0.4 is 5.73 Å². The number of amidine groups is 2. The van der Waals surface area contributed by atoms with Gasteiger partial charge in [-0.25, -0.2) is 4.99 Å². The summed E-state index contributed by atoms with van der Waals surface area (Å²) in [5, 5.41) is 10.9. The molecule has 3 N–H and O–H groups in total. The molecule has 0 amide bonds. The van der Waals surface area contributed by atoms with Gasteiger partial charge >= 0.3 is 0 Å².